The van der Waals surface area contributed by atoms with Crippen molar-refractivity contribution in [2.45, 2.75) is 13.2 Å². The summed E-state index contributed by atoms with van der Waals surface area (Å²) in [7, 11) is 1.61. The monoisotopic (exact) mass is 287 g/mol. The molecule has 8 heteroatoms. The van der Waals surface area contributed by atoms with Crippen LogP contribution in [0.2, 0.25) is 0 Å². The Morgan fingerprint density at radius 3 is 2.76 bits per heavy atom. The summed E-state index contributed by atoms with van der Waals surface area (Å²) in [6.07, 6.45) is 1.62. The van der Waals surface area contributed by atoms with E-state index in [4.69, 9.17) is 14.4 Å². The molecule has 0 bridgehead atoms. The summed E-state index contributed by atoms with van der Waals surface area (Å²) < 4.78 is 11.8. The fourth-order valence-electron chi connectivity index (χ4n) is 1.80. The molecule has 108 valence electrons. The topological polar surface area (TPSA) is 99.1 Å². The van der Waals surface area contributed by atoms with Crippen molar-refractivity contribution in [3.63, 3.8) is 0 Å². The van der Waals surface area contributed by atoms with Crippen molar-refractivity contribution in [2.75, 3.05) is 7.11 Å². The van der Waals surface area contributed by atoms with Gasteiger partial charge in [0, 0.05) is 5.56 Å². The molecule has 2 aromatic heterocycles. The summed E-state index contributed by atoms with van der Waals surface area (Å²) in [6, 6.07) is 7.37. The van der Waals surface area contributed by atoms with Gasteiger partial charge in [0.25, 0.3) is 0 Å². The molecule has 8 nitrogen and oxygen atoms in total. The van der Waals surface area contributed by atoms with Crippen molar-refractivity contribution in [1.29, 1.82) is 0 Å². The highest BCUT2D eigenvalue weighted by Gasteiger charge is 2.10. The third kappa shape index (κ3) is 2.90. The summed E-state index contributed by atoms with van der Waals surface area (Å²) in [5.74, 6) is 1.67. The van der Waals surface area contributed by atoms with E-state index in [1.54, 1.807) is 13.3 Å². The van der Waals surface area contributed by atoms with Crippen molar-refractivity contribution in [3.8, 4) is 17.1 Å². The van der Waals surface area contributed by atoms with Gasteiger partial charge in [-0.25, -0.2) is 4.68 Å². The minimum atomic E-state index is -0.152. The predicted molar refractivity (Wildman–Crippen MR) is 71.3 cm³/mol. The fourth-order valence-corrected chi connectivity index (χ4v) is 1.80. The van der Waals surface area contributed by atoms with E-state index < -0.39 is 0 Å². The quantitative estimate of drug-likeness (QED) is 0.743. The lowest BCUT2D eigenvalue weighted by molar-refractivity contribution is 0.276. The molecule has 2 heterocycles. The van der Waals surface area contributed by atoms with Gasteiger partial charge in [-0.1, -0.05) is 10.4 Å². The Balaban J connectivity index is 1.75. The van der Waals surface area contributed by atoms with Gasteiger partial charge in [-0.2, -0.15) is 4.98 Å². The molecule has 0 aliphatic carbocycles. The van der Waals surface area contributed by atoms with Crippen LogP contribution < -0.4 is 4.74 Å². The number of benzene rings is 1. The second-order valence-corrected chi connectivity index (χ2v) is 4.31. The van der Waals surface area contributed by atoms with Crippen LogP contribution in [-0.2, 0) is 13.2 Å². The molecule has 0 amide bonds. The number of aliphatic hydroxyl groups is 1. The molecule has 0 fully saturated rings. The lowest BCUT2D eigenvalue weighted by atomic mass is 10.2. The molecule has 1 aromatic carbocycles. The summed E-state index contributed by atoms with van der Waals surface area (Å²) in [5.41, 5.74) is 1.32. The zero-order chi connectivity index (χ0) is 14.7. The van der Waals surface area contributed by atoms with Gasteiger partial charge in [-0.05, 0) is 24.3 Å². The van der Waals surface area contributed by atoms with E-state index >= 15 is 0 Å². The number of methoxy groups -OCH3 is 1. The Morgan fingerprint density at radius 1 is 1.29 bits per heavy atom. The highest BCUT2D eigenvalue weighted by atomic mass is 16.5. The van der Waals surface area contributed by atoms with Crippen LogP contribution in [0.3, 0.4) is 0 Å². The van der Waals surface area contributed by atoms with Crippen molar-refractivity contribution in [1.82, 2.24) is 25.1 Å². The van der Waals surface area contributed by atoms with Crippen molar-refractivity contribution >= 4 is 0 Å². The van der Waals surface area contributed by atoms with Crippen LogP contribution in [0.1, 0.15) is 11.6 Å². The van der Waals surface area contributed by atoms with Gasteiger partial charge in [0.1, 0.15) is 18.0 Å². The first-order valence-corrected chi connectivity index (χ1v) is 6.25. The molecule has 0 saturated heterocycles. The minimum absolute atomic E-state index is 0.152. The van der Waals surface area contributed by atoms with Gasteiger partial charge >= 0.3 is 0 Å². The summed E-state index contributed by atoms with van der Waals surface area (Å²) in [6.45, 7) is 0.150. The second kappa shape index (κ2) is 5.71. The van der Waals surface area contributed by atoms with E-state index in [1.807, 2.05) is 24.3 Å². The highest BCUT2D eigenvalue weighted by Crippen LogP contribution is 2.19. The molecular weight excluding hydrogens is 274 g/mol. The number of hydrogen-bond donors (Lipinski definition) is 1. The largest absolute Gasteiger partial charge is 0.497 e. The number of aliphatic hydroxyl groups excluding tert-OH is 1. The average Bonchev–Trinajstić information content (AvgIpc) is 3.17. The first-order chi connectivity index (χ1) is 10.3. The van der Waals surface area contributed by atoms with E-state index in [1.165, 1.54) is 4.68 Å². The van der Waals surface area contributed by atoms with Gasteiger partial charge in [0.05, 0.1) is 19.9 Å². The predicted octanol–water partition coefficient (Wildman–Crippen LogP) is 0.877. The van der Waals surface area contributed by atoms with Crippen LogP contribution in [0.4, 0.5) is 0 Å². The zero-order valence-electron chi connectivity index (χ0n) is 11.3. The molecule has 0 atom stereocenters. The average molecular weight is 287 g/mol. The van der Waals surface area contributed by atoms with E-state index in [9.17, 15) is 0 Å². The van der Waals surface area contributed by atoms with E-state index in [0.29, 0.717) is 24.0 Å². The molecule has 0 aliphatic heterocycles. The van der Waals surface area contributed by atoms with Crippen molar-refractivity contribution in [3.05, 3.63) is 42.0 Å². The van der Waals surface area contributed by atoms with Crippen LogP contribution in [0.15, 0.2) is 35.0 Å². The Kier molecular flexibility index (Phi) is 3.61. The van der Waals surface area contributed by atoms with Crippen LogP contribution in [0, 0.1) is 0 Å². The smallest absolute Gasteiger partial charge is 0.248 e. The molecule has 0 unspecified atom stereocenters. The van der Waals surface area contributed by atoms with Crippen LogP contribution in [0.5, 0.6) is 5.75 Å². The highest BCUT2D eigenvalue weighted by molar-refractivity contribution is 5.55. The Bertz CT molecular complexity index is 719. The first-order valence-electron chi connectivity index (χ1n) is 6.25. The van der Waals surface area contributed by atoms with Crippen LogP contribution in [-0.4, -0.2) is 37.4 Å². The maximum atomic E-state index is 8.94. The van der Waals surface area contributed by atoms with Gasteiger partial charge < -0.3 is 14.4 Å². The van der Waals surface area contributed by atoms with Crippen molar-refractivity contribution in [2.24, 2.45) is 0 Å². The third-order valence-corrected chi connectivity index (χ3v) is 2.86. The molecule has 0 spiro atoms. The van der Waals surface area contributed by atoms with Gasteiger partial charge in [0.2, 0.25) is 11.7 Å². The van der Waals surface area contributed by atoms with Gasteiger partial charge in [-0.3, -0.25) is 0 Å². The minimum Gasteiger partial charge on any atom is -0.497 e. The van der Waals surface area contributed by atoms with Crippen LogP contribution in [0.25, 0.3) is 11.4 Å². The summed E-state index contributed by atoms with van der Waals surface area (Å²) >= 11 is 0. The number of nitrogens with zero attached hydrogens (tertiary/aromatic N) is 5. The molecule has 0 aliphatic rings. The Morgan fingerprint density at radius 2 is 2.10 bits per heavy atom. The first kappa shape index (κ1) is 13.3. The molecular formula is C13H13N5O3. The van der Waals surface area contributed by atoms with E-state index in [-0.39, 0.29) is 6.61 Å². The zero-order valence-corrected chi connectivity index (χ0v) is 11.3. The molecule has 1 N–H and O–H groups in total. The number of ether oxygens (including phenoxy) is 1. The van der Waals surface area contributed by atoms with Gasteiger partial charge in [0.15, 0.2) is 0 Å². The standard InChI is InChI=1S/C13H13N5O3/c1-20-11-4-2-9(3-5-11)13-14-12(21-16-13)7-18-6-10(8-19)15-17-18/h2-6,19H,7-8H2,1H3. The van der Waals surface area contributed by atoms with Crippen LogP contribution >= 0.6 is 0 Å². The maximum absolute atomic E-state index is 8.94. The second-order valence-electron chi connectivity index (χ2n) is 4.31. The normalized spacial score (nSPS) is 10.8. The van der Waals surface area contributed by atoms with Gasteiger partial charge in [-0.15, -0.1) is 5.10 Å². The number of rotatable bonds is 5. The molecule has 3 aromatic rings. The molecule has 0 radical (unpaired) electrons. The SMILES string of the molecule is COc1ccc(-c2noc(Cn3cc(CO)nn3)n2)cc1. The lowest BCUT2D eigenvalue weighted by Crippen LogP contribution is -2.00. The third-order valence-electron chi connectivity index (χ3n) is 2.86. The maximum Gasteiger partial charge on any atom is 0.248 e. The van der Waals surface area contributed by atoms with E-state index in [2.05, 4.69) is 20.5 Å². The number of hydrogen-bond acceptors (Lipinski definition) is 7. The van der Waals surface area contributed by atoms with E-state index in [0.717, 1.165) is 11.3 Å². The Labute approximate surface area is 120 Å². The fraction of sp³-hybridized carbons (Fsp3) is 0.231. The van der Waals surface area contributed by atoms with Crippen molar-refractivity contribution < 1.29 is 14.4 Å². The molecule has 0 saturated carbocycles. The summed E-state index contributed by atoms with van der Waals surface area (Å²) in [5, 5.41) is 20.5. The lowest BCUT2D eigenvalue weighted by Gasteiger charge is -1.98. The summed E-state index contributed by atoms with van der Waals surface area (Å²) in [4.78, 5) is 4.30. The Hall–Kier alpha value is -2.74. The molecule has 21 heavy (non-hydrogen) atoms. The molecule has 3 rings (SSSR count). The number of aromatic nitrogens is 5.